The van der Waals surface area contributed by atoms with Gasteiger partial charge < -0.3 is 5.32 Å². The number of halogens is 1. The van der Waals surface area contributed by atoms with Crippen molar-refractivity contribution in [2.24, 2.45) is 0 Å². The standard InChI is InChI=1S/C16H16BrN5OS2/c1-10-5-6-14(13(17)8-10)18-15(23)11(2)25-16-19-20-21-22(16)9-12-4-3-7-24-12/h3-8,11H,9H2,1-2H3,(H,18,23). The summed E-state index contributed by atoms with van der Waals surface area (Å²) in [5, 5.41) is 17.0. The topological polar surface area (TPSA) is 72.7 Å². The molecule has 1 amide bonds. The van der Waals surface area contributed by atoms with Gasteiger partial charge in [0, 0.05) is 9.35 Å². The Morgan fingerprint density at radius 2 is 2.28 bits per heavy atom. The summed E-state index contributed by atoms with van der Waals surface area (Å²) < 4.78 is 2.57. The Morgan fingerprint density at radius 3 is 3.00 bits per heavy atom. The Balaban J connectivity index is 1.65. The van der Waals surface area contributed by atoms with Crippen molar-refractivity contribution in [3.63, 3.8) is 0 Å². The van der Waals surface area contributed by atoms with Gasteiger partial charge in [0.05, 0.1) is 17.5 Å². The highest BCUT2D eigenvalue weighted by Crippen LogP contribution is 2.26. The summed E-state index contributed by atoms with van der Waals surface area (Å²) in [5.74, 6) is -0.0970. The first-order chi connectivity index (χ1) is 12.0. The summed E-state index contributed by atoms with van der Waals surface area (Å²) in [5.41, 5.74) is 1.88. The van der Waals surface area contributed by atoms with Crippen LogP contribution >= 0.6 is 39.0 Å². The molecule has 0 bridgehead atoms. The Kier molecular flexibility index (Phi) is 5.87. The number of aromatic nitrogens is 4. The molecule has 0 radical (unpaired) electrons. The van der Waals surface area contributed by atoms with Gasteiger partial charge in [0.1, 0.15) is 0 Å². The number of thioether (sulfide) groups is 1. The van der Waals surface area contributed by atoms with Crippen LogP contribution in [0.3, 0.4) is 0 Å². The van der Waals surface area contributed by atoms with Crippen molar-refractivity contribution in [1.29, 1.82) is 0 Å². The minimum atomic E-state index is -0.332. The number of rotatable bonds is 6. The Hall–Kier alpha value is -1.71. The van der Waals surface area contributed by atoms with Crippen LogP contribution in [0.1, 0.15) is 17.4 Å². The molecule has 0 saturated carbocycles. The van der Waals surface area contributed by atoms with E-state index in [2.05, 4.69) is 36.8 Å². The van der Waals surface area contributed by atoms with Crippen LogP contribution in [0.4, 0.5) is 5.69 Å². The van der Waals surface area contributed by atoms with Crippen molar-refractivity contribution in [3.05, 3.63) is 50.6 Å². The zero-order valence-electron chi connectivity index (χ0n) is 13.6. The number of hydrogen-bond donors (Lipinski definition) is 1. The maximum absolute atomic E-state index is 12.5. The highest BCUT2D eigenvalue weighted by Gasteiger charge is 2.19. The van der Waals surface area contributed by atoms with E-state index in [0.717, 1.165) is 20.6 Å². The van der Waals surface area contributed by atoms with E-state index in [1.807, 2.05) is 49.6 Å². The molecule has 9 heteroatoms. The van der Waals surface area contributed by atoms with Crippen molar-refractivity contribution in [2.45, 2.75) is 30.8 Å². The lowest BCUT2D eigenvalue weighted by Crippen LogP contribution is -2.23. The van der Waals surface area contributed by atoms with Gasteiger partial charge in [-0.05, 0) is 69.3 Å². The first-order valence-corrected chi connectivity index (χ1v) is 10.1. The third-order valence-corrected chi connectivity index (χ3v) is 6.01. The number of hydrogen-bond acceptors (Lipinski definition) is 6. The molecule has 0 spiro atoms. The van der Waals surface area contributed by atoms with Gasteiger partial charge in [-0.25, -0.2) is 4.68 Å². The highest BCUT2D eigenvalue weighted by molar-refractivity contribution is 9.10. The van der Waals surface area contributed by atoms with Gasteiger partial charge in [-0.3, -0.25) is 4.79 Å². The third-order valence-electron chi connectivity index (χ3n) is 3.42. The molecule has 0 saturated heterocycles. The lowest BCUT2D eigenvalue weighted by atomic mass is 10.2. The zero-order valence-corrected chi connectivity index (χ0v) is 16.9. The van der Waals surface area contributed by atoms with Crippen LogP contribution < -0.4 is 5.32 Å². The van der Waals surface area contributed by atoms with Crippen LogP contribution in [0.15, 0.2) is 45.3 Å². The summed E-state index contributed by atoms with van der Waals surface area (Å²) in [6, 6.07) is 9.84. The van der Waals surface area contributed by atoms with Crippen molar-refractivity contribution in [1.82, 2.24) is 20.2 Å². The van der Waals surface area contributed by atoms with Gasteiger partial charge in [0.25, 0.3) is 0 Å². The molecule has 1 aromatic carbocycles. The van der Waals surface area contributed by atoms with Gasteiger partial charge in [-0.1, -0.05) is 23.9 Å². The molecule has 0 aliphatic carbocycles. The smallest absolute Gasteiger partial charge is 0.237 e. The molecule has 0 aliphatic heterocycles. The molecule has 1 unspecified atom stereocenters. The molecule has 6 nitrogen and oxygen atoms in total. The monoisotopic (exact) mass is 437 g/mol. The predicted molar refractivity (Wildman–Crippen MR) is 104 cm³/mol. The fourth-order valence-corrected chi connectivity index (χ4v) is 4.16. The summed E-state index contributed by atoms with van der Waals surface area (Å²) in [4.78, 5) is 13.6. The van der Waals surface area contributed by atoms with Crippen LogP contribution in [0.25, 0.3) is 0 Å². The van der Waals surface area contributed by atoms with E-state index in [-0.39, 0.29) is 11.2 Å². The van der Waals surface area contributed by atoms with Crippen LogP contribution in [-0.4, -0.2) is 31.4 Å². The Labute approximate surface area is 162 Å². The van der Waals surface area contributed by atoms with E-state index in [0.29, 0.717) is 11.7 Å². The molecule has 3 rings (SSSR count). The number of amides is 1. The van der Waals surface area contributed by atoms with Gasteiger partial charge in [-0.15, -0.1) is 16.4 Å². The number of nitrogens with zero attached hydrogens (tertiary/aromatic N) is 4. The van der Waals surface area contributed by atoms with Gasteiger partial charge in [-0.2, -0.15) is 0 Å². The number of thiophene rings is 1. The van der Waals surface area contributed by atoms with Gasteiger partial charge in [0.2, 0.25) is 11.1 Å². The molecule has 25 heavy (non-hydrogen) atoms. The molecule has 0 aliphatic rings. The molecule has 130 valence electrons. The summed E-state index contributed by atoms with van der Waals surface area (Å²) >= 11 is 6.46. The van der Waals surface area contributed by atoms with Crippen LogP contribution in [-0.2, 0) is 11.3 Å². The van der Waals surface area contributed by atoms with E-state index in [1.165, 1.54) is 11.8 Å². The SMILES string of the molecule is Cc1ccc(NC(=O)C(C)Sc2nnnn2Cc2cccs2)c(Br)c1. The fourth-order valence-electron chi connectivity index (χ4n) is 2.10. The quantitative estimate of drug-likeness (QED) is 0.590. The molecule has 3 aromatic rings. The molecule has 2 heterocycles. The average molecular weight is 438 g/mol. The van der Waals surface area contributed by atoms with E-state index >= 15 is 0 Å². The van der Waals surface area contributed by atoms with Crippen LogP contribution in [0, 0.1) is 6.92 Å². The Morgan fingerprint density at radius 1 is 1.44 bits per heavy atom. The first-order valence-electron chi connectivity index (χ1n) is 7.55. The summed E-state index contributed by atoms with van der Waals surface area (Å²) in [7, 11) is 0. The van der Waals surface area contributed by atoms with Crippen molar-refractivity contribution >= 4 is 50.6 Å². The number of anilines is 1. The number of carbonyl (C=O) groups is 1. The van der Waals surface area contributed by atoms with E-state index in [9.17, 15) is 4.79 Å². The van der Waals surface area contributed by atoms with E-state index in [4.69, 9.17) is 0 Å². The van der Waals surface area contributed by atoms with Gasteiger partial charge >= 0.3 is 0 Å². The summed E-state index contributed by atoms with van der Waals surface area (Å²) in [6.45, 7) is 4.44. The number of carbonyl (C=O) groups excluding carboxylic acids is 1. The average Bonchev–Trinajstić information content (AvgIpc) is 3.23. The van der Waals surface area contributed by atoms with Crippen molar-refractivity contribution < 1.29 is 4.79 Å². The second-order valence-electron chi connectivity index (χ2n) is 5.43. The molecular weight excluding hydrogens is 422 g/mol. The van der Waals surface area contributed by atoms with Crippen LogP contribution in [0.2, 0.25) is 0 Å². The minimum Gasteiger partial charge on any atom is -0.324 e. The number of aryl methyl sites for hydroxylation is 1. The zero-order chi connectivity index (χ0) is 17.8. The second-order valence-corrected chi connectivity index (χ2v) is 8.63. The Bertz CT molecular complexity index is 865. The fraction of sp³-hybridized carbons (Fsp3) is 0.250. The maximum Gasteiger partial charge on any atom is 0.237 e. The highest BCUT2D eigenvalue weighted by atomic mass is 79.9. The molecule has 1 N–H and O–H groups in total. The minimum absolute atomic E-state index is 0.0970. The van der Waals surface area contributed by atoms with E-state index in [1.54, 1.807) is 16.0 Å². The predicted octanol–water partition coefficient (Wildman–Crippen LogP) is 3.97. The van der Waals surface area contributed by atoms with Crippen LogP contribution in [0.5, 0.6) is 0 Å². The molecular formula is C16H16BrN5OS2. The van der Waals surface area contributed by atoms with E-state index < -0.39 is 0 Å². The molecule has 0 fully saturated rings. The summed E-state index contributed by atoms with van der Waals surface area (Å²) in [6.07, 6.45) is 0. The normalized spacial score (nSPS) is 12.1. The van der Waals surface area contributed by atoms with Crippen molar-refractivity contribution in [3.8, 4) is 0 Å². The lowest BCUT2D eigenvalue weighted by Gasteiger charge is -2.13. The second kappa shape index (κ2) is 8.11. The lowest BCUT2D eigenvalue weighted by molar-refractivity contribution is -0.115. The number of benzene rings is 1. The molecule has 1 atom stereocenters. The maximum atomic E-state index is 12.5. The third kappa shape index (κ3) is 4.68. The number of tetrazole rings is 1. The molecule has 2 aromatic heterocycles. The largest absolute Gasteiger partial charge is 0.324 e. The van der Waals surface area contributed by atoms with Gasteiger partial charge in [0.15, 0.2) is 0 Å². The number of nitrogens with one attached hydrogen (secondary N) is 1. The first kappa shape index (κ1) is 18.1. The van der Waals surface area contributed by atoms with Crippen molar-refractivity contribution in [2.75, 3.05) is 5.32 Å².